The van der Waals surface area contributed by atoms with Gasteiger partial charge in [0.15, 0.2) is 0 Å². The minimum atomic E-state index is -0.378. The molecule has 7 heteroatoms. The first-order valence-electron chi connectivity index (χ1n) is 7.17. The molecule has 0 aliphatic carbocycles. The van der Waals surface area contributed by atoms with E-state index in [9.17, 15) is 9.59 Å². The summed E-state index contributed by atoms with van der Waals surface area (Å²) in [6.07, 6.45) is 1.63. The van der Waals surface area contributed by atoms with Crippen LogP contribution in [0.2, 0.25) is 10.0 Å². The number of nitrogens with zero attached hydrogens (tertiary/aromatic N) is 1. The fourth-order valence-electron chi connectivity index (χ4n) is 2.59. The molecule has 2 rings (SSSR count). The van der Waals surface area contributed by atoms with Gasteiger partial charge in [0.1, 0.15) is 0 Å². The minimum absolute atomic E-state index is 0.186. The SMILES string of the molecule is C[C@@H](C(=O)Nc1cc(Cl)ccc1Cl)N1CCC[C@@H](C(N)=O)C1. The van der Waals surface area contributed by atoms with Crippen molar-refractivity contribution in [1.82, 2.24) is 4.90 Å². The summed E-state index contributed by atoms with van der Waals surface area (Å²) >= 11 is 12.0. The van der Waals surface area contributed by atoms with Gasteiger partial charge in [-0.1, -0.05) is 23.2 Å². The molecule has 22 heavy (non-hydrogen) atoms. The molecule has 1 aromatic carbocycles. The lowest BCUT2D eigenvalue weighted by molar-refractivity contribution is -0.127. The molecule has 3 N–H and O–H groups in total. The van der Waals surface area contributed by atoms with Crippen molar-refractivity contribution in [2.75, 3.05) is 18.4 Å². The molecule has 0 unspecified atom stereocenters. The molecule has 1 saturated heterocycles. The summed E-state index contributed by atoms with van der Waals surface area (Å²) in [5.74, 6) is -0.691. The van der Waals surface area contributed by atoms with E-state index in [1.54, 1.807) is 25.1 Å². The van der Waals surface area contributed by atoms with Crippen molar-refractivity contribution in [3.8, 4) is 0 Å². The molecular formula is C15H19Cl2N3O2. The van der Waals surface area contributed by atoms with Crippen molar-refractivity contribution in [2.45, 2.75) is 25.8 Å². The van der Waals surface area contributed by atoms with Crippen LogP contribution in [0.1, 0.15) is 19.8 Å². The lowest BCUT2D eigenvalue weighted by Crippen LogP contribution is -2.49. The predicted molar refractivity (Wildman–Crippen MR) is 88.0 cm³/mol. The molecule has 2 atom stereocenters. The van der Waals surface area contributed by atoms with Crippen LogP contribution in [0, 0.1) is 5.92 Å². The van der Waals surface area contributed by atoms with E-state index >= 15 is 0 Å². The van der Waals surface area contributed by atoms with E-state index in [0.717, 1.165) is 19.4 Å². The highest BCUT2D eigenvalue weighted by Gasteiger charge is 2.29. The topological polar surface area (TPSA) is 75.4 Å². The van der Waals surface area contributed by atoms with Crippen LogP contribution in [0.15, 0.2) is 18.2 Å². The number of benzene rings is 1. The molecule has 1 fully saturated rings. The lowest BCUT2D eigenvalue weighted by atomic mass is 9.96. The van der Waals surface area contributed by atoms with E-state index in [1.807, 2.05) is 4.90 Å². The Kier molecular flexibility index (Phi) is 5.67. The van der Waals surface area contributed by atoms with Crippen LogP contribution in [0.5, 0.6) is 0 Å². The Hall–Kier alpha value is -1.30. The van der Waals surface area contributed by atoms with Crippen molar-refractivity contribution in [2.24, 2.45) is 11.7 Å². The number of primary amides is 1. The van der Waals surface area contributed by atoms with Gasteiger partial charge in [0, 0.05) is 11.6 Å². The normalized spacial score (nSPS) is 20.4. The number of rotatable bonds is 4. The van der Waals surface area contributed by atoms with Crippen LogP contribution in [-0.4, -0.2) is 35.8 Å². The molecule has 0 saturated carbocycles. The number of likely N-dealkylation sites (tertiary alicyclic amines) is 1. The quantitative estimate of drug-likeness (QED) is 0.881. The third-order valence-corrected chi connectivity index (χ3v) is 4.53. The molecule has 1 heterocycles. The van der Waals surface area contributed by atoms with E-state index in [1.165, 1.54) is 0 Å². The third-order valence-electron chi connectivity index (χ3n) is 3.97. The predicted octanol–water partition coefficient (Wildman–Crippen LogP) is 2.52. The monoisotopic (exact) mass is 343 g/mol. The first-order chi connectivity index (χ1) is 10.4. The van der Waals surface area contributed by atoms with Gasteiger partial charge >= 0.3 is 0 Å². The Bertz CT molecular complexity index is 580. The third kappa shape index (κ3) is 4.12. The molecule has 0 bridgehead atoms. The van der Waals surface area contributed by atoms with Gasteiger partial charge < -0.3 is 11.1 Å². The van der Waals surface area contributed by atoms with Crippen molar-refractivity contribution in [3.63, 3.8) is 0 Å². The van der Waals surface area contributed by atoms with Gasteiger partial charge in [-0.3, -0.25) is 14.5 Å². The molecule has 0 spiro atoms. The van der Waals surface area contributed by atoms with Gasteiger partial charge in [-0.05, 0) is 44.5 Å². The van der Waals surface area contributed by atoms with E-state index in [4.69, 9.17) is 28.9 Å². The average molecular weight is 344 g/mol. The van der Waals surface area contributed by atoms with Crippen molar-refractivity contribution < 1.29 is 9.59 Å². The average Bonchev–Trinajstić information content (AvgIpc) is 2.50. The standard InChI is InChI=1S/C15H19Cl2N3O2/c1-9(20-6-2-3-10(8-20)14(18)21)15(22)19-13-7-11(16)4-5-12(13)17/h4-5,7,9-10H,2-3,6,8H2,1H3,(H2,18,21)(H,19,22)/t9-,10+/m0/s1. The summed E-state index contributed by atoms with van der Waals surface area (Å²) in [7, 11) is 0. The number of anilines is 1. The lowest BCUT2D eigenvalue weighted by Gasteiger charge is -2.34. The summed E-state index contributed by atoms with van der Waals surface area (Å²) in [6, 6.07) is 4.52. The van der Waals surface area contributed by atoms with Crippen LogP contribution in [0.3, 0.4) is 0 Å². The number of hydrogen-bond donors (Lipinski definition) is 2. The van der Waals surface area contributed by atoms with E-state index in [0.29, 0.717) is 22.3 Å². The summed E-state index contributed by atoms with van der Waals surface area (Å²) in [5, 5.41) is 3.71. The summed E-state index contributed by atoms with van der Waals surface area (Å²) in [6.45, 7) is 3.08. The van der Waals surface area contributed by atoms with Gasteiger partial charge in [-0.25, -0.2) is 0 Å². The molecule has 1 aromatic rings. The van der Waals surface area contributed by atoms with Crippen molar-refractivity contribution in [3.05, 3.63) is 28.2 Å². The number of hydrogen-bond acceptors (Lipinski definition) is 3. The van der Waals surface area contributed by atoms with Crippen LogP contribution in [0.25, 0.3) is 0 Å². The minimum Gasteiger partial charge on any atom is -0.369 e. The number of amides is 2. The number of nitrogens with one attached hydrogen (secondary N) is 1. The Morgan fingerprint density at radius 1 is 1.41 bits per heavy atom. The molecule has 0 radical (unpaired) electrons. The summed E-state index contributed by atoms with van der Waals surface area (Å²) in [5.41, 5.74) is 5.85. The Balaban J connectivity index is 2.02. The largest absolute Gasteiger partial charge is 0.369 e. The maximum Gasteiger partial charge on any atom is 0.241 e. The Morgan fingerprint density at radius 2 is 2.14 bits per heavy atom. The Morgan fingerprint density at radius 3 is 2.82 bits per heavy atom. The fourth-order valence-corrected chi connectivity index (χ4v) is 2.92. The van der Waals surface area contributed by atoms with Crippen LogP contribution < -0.4 is 11.1 Å². The zero-order chi connectivity index (χ0) is 16.3. The molecule has 1 aliphatic heterocycles. The Labute approximate surface area is 139 Å². The van der Waals surface area contributed by atoms with Crippen LogP contribution in [-0.2, 0) is 9.59 Å². The van der Waals surface area contributed by atoms with Crippen LogP contribution in [0.4, 0.5) is 5.69 Å². The number of halogens is 2. The highest BCUT2D eigenvalue weighted by atomic mass is 35.5. The van der Waals surface area contributed by atoms with E-state index < -0.39 is 0 Å². The zero-order valence-corrected chi connectivity index (χ0v) is 13.8. The maximum atomic E-state index is 12.4. The molecule has 5 nitrogen and oxygen atoms in total. The fraction of sp³-hybridized carbons (Fsp3) is 0.467. The first kappa shape index (κ1) is 17.1. The second-order valence-electron chi connectivity index (χ2n) is 5.53. The highest BCUT2D eigenvalue weighted by Crippen LogP contribution is 2.26. The second-order valence-corrected chi connectivity index (χ2v) is 6.37. The molecule has 120 valence electrons. The van der Waals surface area contributed by atoms with Gasteiger partial charge in [0.25, 0.3) is 0 Å². The molecular weight excluding hydrogens is 325 g/mol. The van der Waals surface area contributed by atoms with E-state index in [-0.39, 0.29) is 23.8 Å². The van der Waals surface area contributed by atoms with Crippen molar-refractivity contribution in [1.29, 1.82) is 0 Å². The number of piperidine rings is 1. The summed E-state index contributed by atoms with van der Waals surface area (Å²) < 4.78 is 0. The smallest absolute Gasteiger partial charge is 0.241 e. The highest BCUT2D eigenvalue weighted by molar-refractivity contribution is 6.35. The maximum absolute atomic E-state index is 12.4. The van der Waals surface area contributed by atoms with Crippen molar-refractivity contribution >= 4 is 40.7 Å². The zero-order valence-electron chi connectivity index (χ0n) is 12.3. The summed E-state index contributed by atoms with van der Waals surface area (Å²) in [4.78, 5) is 25.7. The van der Waals surface area contributed by atoms with Gasteiger partial charge in [-0.2, -0.15) is 0 Å². The molecule has 0 aromatic heterocycles. The van der Waals surface area contributed by atoms with Gasteiger partial charge in [-0.15, -0.1) is 0 Å². The number of nitrogens with two attached hydrogens (primary N) is 1. The molecule has 1 aliphatic rings. The number of carbonyl (C=O) groups is 2. The second kappa shape index (κ2) is 7.31. The van der Waals surface area contributed by atoms with Gasteiger partial charge in [0.2, 0.25) is 11.8 Å². The van der Waals surface area contributed by atoms with Gasteiger partial charge in [0.05, 0.1) is 22.7 Å². The number of carbonyl (C=O) groups excluding carboxylic acids is 2. The van der Waals surface area contributed by atoms with E-state index in [2.05, 4.69) is 5.32 Å². The van der Waals surface area contributed by atoms with Crippen LogP contribution >= 0.6 is 23.2 Å². The first-order valence-corrected chi connectivity index (χ1v) is 7.93. The molecule has 2 amide bonds.